The van der Waals surface area contributed by atoms with Gasteiger partial charge < -0.3 is 66.7 Å². The van der Waals surface area contributed by atoms with Crippen LogP contribution in [0.25, 0.3) is 0 Å². The summed E-state index contributed by atoms with van der Waals surface area (Å²) in [6, 6.07) is -0.0377. The monoisotopic (exact) mass is 979 g/mol. The highest BCUT2D eigenvalue weighted by Gasteiger charge is 2.55. The zero-order valence-corrected chi connectivity index (χ0v) is 47.2. The van der Waals surface area contributed by atoms with Crippen molar-refractivity contribution in [1.29, 1.82) is 0 Å². The van der Waals surface area contributed by atoms with Gasteiger partial charge in [0.2, 0.25) is 5.79 Å². The molecule has 16 nitrogen and oxygen atoms in total. The molecule has 66 heavy (non-hydrogen) atoms. The molecule has 3 rings (SSSR count). The highest BCUT2D eigenvalue weighted by Crippen LogP contribution is 2.43. The molecule has 3 saturated heterocycles. The van der Waals surface area contributed by atoms with Crippen molar-refractivity contribution >= 4 is 28.3 Å². The van der Waals surface area contributed by atoms with Crippen LogP contribution in [-0.4, -0.2) is 169 Å². The quantitative estimate of drug-likeness (QED) is 0.0721. The summed E-state index contributed by atoms with van der Waals surface area (Å²) in [5.74, 6) is -4.58. The first-order chi connectivity index (χ1) is 30.1. The molecular formula is C48H94N2O14Si2. The Balaban J connectivity index is 2.39. The van der Waals surface area contributed by atoms with Gasteiger partial charge in [-0.1, -0.05) is 32.9 Å². The van der Waals surface area contributed by atoms with Crippen LogP contribution in [0.2, 0.25) is 39.3 Å². The highest BCUT2D eigenvalue weighted by molar-refractivity contribution is 6.70. The molecule has 0 spiro atoms. The zero-order chi connectivity index (χ0) is 50.7. The summed E-state index contributed by atoms with van der Waals surface area (Å²) in [7, 11) is 4.68. The van der Waals surface area contributed by atoms with Crippen LogP contribution in [0.3, 0.4) is 0 Å². The normalized spacial score (nSPS) is 42.5. The Hall–Kier alpha value is -1.11. The average molecular weight is 979 g/mol. The number of hydrogen-bond donors (Lipinski definition) is 2. The highest BCUT2D eigenvalue weighted by atomic mass is 28.4. The van der Waals surface area contributed by atoms with Gasteiger partial charge in [-0.2, -0.15) is 0 Å². The second-order valence-electron chi connectivity index (χ2n) is 22.9. The van der Waals surface area contributed by atoms with Gasteiger partial charge in [0.1, 0.15) is 17.8 Å². The molecule has 0 saturated carbocycles. The first-order valence-electron chi connectivity index (χ1n) is 24.3. The third-order valence-corrected chi connectivity index (χ3v) is 16.0. The second-order valence-corrected chi connectivity index (χ2v) is 31.8. The second kappa shape index (κ2) is 23.0. The molecule has 0 aromatic heterocycles. The number of aliphatic hydroxyl groups is 2. The molecule has 18 atom stereocenters. The summed E-state index contributed by atoms with van der Waals surface area (Å²) in [5, 5.41) is 29.1. The van der Waals surface area contributed by atoms with Crippen molar-refractivity contribution in [2.45, 2.75) is 238 Å². The number of methoxy groups -OCH3 is 3. The molecule has 15 unspecified atom stereocenters. The fraction of sp³-hybridized carbons (Fsp3) is 0.958. The minimum Gasteiger partial charge on any atom is -0.459 e. The standard InChI is InChI=1S/C48H94N2O14Si2/c1-24-35-48(12,53)40(51)30(4)37(49-64-45(8,9)54-15)28(2)26-46(10,55-16)41(61-44-39(62-65(18,19)20)34(50(13)14)25-29(3)57-44)31(5)38(32(6)43(52)59-35)60-36-27-47(11,56-17)42(33(7)58-36)63-66(21,22)23/h28-36,38-42,44,51,53H,24-27H2,1-23H3/t28?,29?,30?,31?,32?,33?,34?,35?,36?,38?,39?,40?,41?,42?,44?,46-,47-,48-/m1/s1. The van der Waals surface area contributed by atoms with Crippen LogP contribution in [-0.2, 0) is 56.4 Å². The van der Waals surface area contributed by atoms with E-state index < -0.39 is 118 Å². The summed E-state index contributed by atoms with van der Waals surface area (Å²) >= 11 is 0. The van der Waals surface area contributed by atoms with Gasteiger partial charge in [-0.05, 0) is 114 Å². The van der Waals surface area contributed by atoms with Crippen molar-refractivity contribution in [1.82, 2.24) is 4.90 Å². The molecule has 0 radical (unpaired) electrons. The van der Waals surface area contributed by atoms with E-state index in [1.165, 1.54) is 14.0 Å². The van der Waals surface area contributed by atoms with Crippen molar-refractivity contribution in [2.75, 3.05) is 35.4 Å². The summed E-state index contributed by atoms with van der Waals surface area (Å²) in [4.78, 5) is 23.0. The fourth-order valence-electron chi connectivity index (χ4n) is 10.1. The smallest absolute Gasteiger partial charge is 0.311 e. The number of carbonyl (C=O) groups excluding carboxylic acids is 1. The predicted molar refractivity (Wildman–Crippen MR) is 260 cm³/mol. The number of carbonyl (C=O) groups is 1. The van der Waals surface area contributed by atoms with Gasteiger partial charge in [0.15, 0.2) is 29.2 Å². The van der Waals surface area contributed by atoms with E-state index >= 15 is 0 Å². The molecule has 3 heterocycles. The molecule has 0 amide bonds. The van der Waals surface area contributed by atoms with Gasteiger partial charge in [0, 0.05) is 65.4 Å². The van der Waals surface area contributed by atoms with Crippen molar-refractivity contribution in [3.05, 3.63) is 0 Å². The third kappa shape index (κ3) is 14.7. The number of nitrogens with zero attached hydrogens (tertiary/aromatic N) is 2. The Kier molecular flexibility index (Phi) is 20.6. The van der Waals surface area contributed by atoms with Crippen molar-refractivity contribution < 1.29 is 66.6 Å². The van der Waals surface area contributed by atoms with E-state index in [-0.39, 0.29) is 31.1 Å². The van der Waals surface area contributed by atoms with Crippen LogP contribution >= 0.6 is 0 Å². The Morgan fingerprint density at radius 3 is 1.88 bits per heavy atom. The van der Waals surface area contributed by atoms with Crippen LogP contribution in [0.15, 0.2) is 5.16 Å². The molecule has 2 N–H and O–H groups in total. The van der Waals surface area contributed by atoms with E-state index in [1.807, 2.05) is 55.6 Å². The van der Waals surface area contributed by atoms with E-state index in [2.05, 4.69) is 49.3 Å². The maximum absolute atomic E-state index is 14.8. The summed E-state index contributed by atoms with van der Waals surface area (Å²) in [6.45, 7) is 35.1. The van der Waals surface area contributed by atoms with Crippen LogP contribution in [0.1, 0.15) is 109 Å². The van der Waals surface area contributed by atoms with Gasteiger partial charge in [0.05, 0.1) is 59.5 Å². The Bertz CT molecular complexity index is 1580. The summed E-state index contributed by atoms with van der Waals surface area (Å²) in [5.41, 5.74) is -3.44. The maximum atomic E-state index is 14.8. The lowest BCUT2D eigenvalue weighted by Gasteiger charge is -2.51. The van der Waals surface area contributed by atoms with Gasteiger partial charge in [-0.25, -0.2) is 0 Å². The molecule has 0 aromatic rings. The minimum absolute atomic E-state index is 0.0377. The van der Waals surface area contributed by atoms with Crippen molar-refractivity contribution in [3.63, 3.8) is 0 Å². The zero-order valence-electron chi connectivity index (χ0n) is 45.2. The first kappa shape index (κ1) is 59.2. The summed E-state index contributed by atoms with van der Waals surface area (Å²) < 4.78 is 66.4. The minimum atomic E-state index is -2.19. The molecule has 3 aliphatic heterocycles. The average Bonchev–Trinajstić information content (AvgIpc) is 3.20. The molecule has 0 aromatic carbocycles. The number of likely N-dealkylation sites (N-methyl/N-ethyl adjacent to an activating group) is 1. The topological polar surface area (TPSA) is 175 Å². The Morgan fingerprint density at radius 2 is 1.38 bits per heavy atom. The van der Waals surface area contributed by atoms with Crippen molar-refractivity contribution in [3.8, 4) is 0 Å². The van der Waals surface area contributed by atoms with E-state index in [1.54, 1.807) is 48.8 Å². The number of oxime groups is 1. The van der Waals surface area contributed by atoms with E-state index in [4.69, 9.17) is 51.6 Å². The SMILES string of the molecule is CCC1OC(=O)C(C)C(OC2C[C@@](C)(OC)C(O[Si](C)(C)C)C(C)O2)C(C)C(OC2OC(C)CC(N(C)C)C2O[Si](C)(C)C)[C@](C)(OC)CC(C)C(=NOC(C)(C)OC)C(C)C(O)[C@]1(C)O. The molecule has 3 aliphatic rings. The number of esters is 1. The molecular weight excluding hydrogens is 885 g/mol. The molecule has 3 fully saturated rings. The van der Waals surface area contributed by atoms with E-state index in [0.29, 0.717) is 12.1 Å². The molecule has 18 heteroatoms. The number of hydrogen-bond acceptors (Lipinski definition) is 16. The molecule has 388 valence electrons. The number of ether oxygens (including phenoxy) is 8. The van der Waals surface area contributed by atoms with E-state index in [0.717, 1.165) is 6.42 Å². The Morgan fingerprint density at radius 1 is 0.818 bits per heavy atom. The van der Waals surface area contributed by atoms with Crippen LogP contribution in [0.5, 0.6) is 0 Å². The lowest BCUT2D eigenvalue weighted by molar-refractivity contribution is -0.316. The van der Waals surface area contributed by atoms with Gasteiger partial charge in [-0.3, -0.25) is 4.79 Å². The lowest BCUT2D eigenvalue weighted by Crippen LogP contribution is -2.63. The first-order valence-corrected chi connectivity index (χ1v) is 31.1. The Labute approximate surface area is 400 Å². The largest absolute Gasteiger partial charge is 0.459 e. The fourth-order valence-corrected chi connectivity index (χ4v) is 12.4. The number of cyclic esters (lactones) is 1. The van der Waals surface area contributed by atoms with Gasteiger partial charge in [-0.15, -0.1) is 0 Å². The van der Waals surface area contributed by atoms with Gasteiger partial charge >= 0.3 is 5.97 Å². The van der Waals surface area contributed by atoms with Crippen molar-refractivity contribution in [2.24, 2.45) is 28.8 Å². The van der Waals surface area contributed by atoms with Crippen LogP contribution < -0.4 is 0 Å². The number of rotatable bonds is 15. The number of aliphatic hydroxyl groups excluding tert-OH is 1. The molecule has 0 aliphatic carbocycles. The summed E-state index contributed by atoms with van der Waals surface area (Å²) in [6.07, 6.45) is -5.99. The lowest BCUT2D eigenvalue weighted by atomic mass is 9.73. The third-order valence-electron chi connectivity index (χ3n) is 14.1. The molecule has 0 bridgehead atoms. The van der Waals surface area contributed by atoms with Crippen LogP contribution in [0, 0.1) is 23.7 Å². The predicted octanol–water partition coefficient (Wildman–Crippen LogP) is 7.34. The van der Waals surface area contributed by atoms with Crippen LogP contribution in [0.4, 0.5) is 0 Å². The maximum Gasteiger partial charge on any atom is 0.311 e. The van der Waals surface area contributed by atoms with Gasteiger partial charge in [0.25, 0.3) is 0 Å². The van der Waals surface area contributed by atoms with E-state index in [9.17, 15) is 15.0 Å².